The Kier molecular flexibility index (Phi) is 3.93. The van der Waals surface area contributed by atoms with E-state index in [2.05, 4.69) is 0 Å². The van der Waals surface area contributed by atoms with Gasteiger partial charge in [0.05, 0.1) is 19.8 Å². The largest absolute Gasteiger partial charge is 0.480 e. The van der Waals surface area contributed by atoms with Gasteiger partial charge in [0.25, 0.3) is 0 Å². The minimum absolute atomic E-state index is 0.0193. The zero-order valence-electron chi connectivity index (χ0n) is 12.0. The highest BCUT2D eigenvalue weighted by molar-refractivity contribution is 5.81. The van der Waals surface area contributed by atoms with E-state index < -0.39 is 29.4 Å². The summed E-state index contributed by atoms with van der Waals surface area (Å²) in [5.74, 6) is -1.08. The van der Waals surface area contributed by atoms with Gasteiger partial charge in [-0.15, -0.1) is 0 Å². The van der Waals surface area contributed by atoms with Crippen LogP contribution < -0.4 is 0 Å². The molecule has 1 unspecified atom stereocenters. The zero-order valence-corrected chi connectivity index (χ0v) is 12.0. The number of hydrogen-bond donors (Lipinski definition) is 1. The number of carbonyl (C=O) groups is 2. The van der Waals surface area contributed by atoms with Crippen LogP contribution in [0.15, 0.2) is 0 Å². The first-order valence-corrected chi connectivity index (χ1v) is 6.72. The maximum absolute atomic E-state index is 12.4. The molecule has 0 saturated carbocycles. The number of rotatable bonds is 1. The quantitative estimate of drug-likeness (QED) is 0.780. The van der Waals surface area contributed by atoms with Gasteiger partial charge in [-0.25, -0.2) is 9.59 Å². The Labute approximate surface area is 117 Å². The van der Waals surface area contributed by atoms with Gasteiger partial charge in [-0.3, -0.25) is 4.90 Å². The molecule has 20 heavy (non-hydrogen) atoms. The first kappa shape index (κ1) is 15.1. The van der Waals surface area contributed by atoms with E-state index in [-0.39, 0.29) is 6.61 Å². The first-order chi connectivity index (χ1) is 9.25. The van der Waals surface area contributed by atoms with Crippen LogP contribution in [0.25, 0.3) is 0 Å². The van der Waals surface area contributed by atoms with Crippen molar-refractivity contribution < 1.29 is 28.9 Å². The fourth-order valence-corrected chi connectivity index (χ4v) is 2.52. The van der Waals surface area contributed by atoms with Gasteiger partial charge in [-0.1, -0.05) is 0 Å². The van der Waals surface area contributed by atoms with E-state index in [1.54, 1.807) is 20.8 Å². The minimum Gasteiger partial charge on any atom is -0.480 e. The number of hydrogen-bond acceptors (Lipinski definition) is 5. The van der Waals surface area contributed by atoms with Gasteiger partial charge in [-0.2, -0.15) is 0 Å². The van der Waals surface area contributed by atoms with Crippen molar-refractivity contribution in [3.8, 4) is 0 Å². The molecule has 1 amide bonds. The summed E-state index contributed by atoms with van der Waals surface area (Å²) in [7, 11) is 0. The number of carbonyl (C=O) groups excluding carboxylic acids is 1. The summed E-state index contributed by atoms with van der Waals surface area (Å²) in [5.41, 5.74) is -1.60. The summed E-state index contributed by atoms with van der Waals surface area (Å²) >= 11 is 0. The molecule has 0 bridgehead atoms. The third-order valence-electron chi connectivity index (χ3n) is 3.41. The standard InChI is InChI=1S/C13H21NO6/c1-12(2,3)20-11(17)14-9(10(15)16)8-19-13(14)4-6-18-7-5-13/h9H,4-8H2,1-3H3,(H,15,16). The van der Waals surface area contributed by atoms with Crippen LogP contribution in [0.5, 0.6) is 0 Å². The molecule has 1 spiro atoms. The Morgan fingerprint density at radius 1 is 1.30 bits per heavy atom. The summed E-state index contributed by atoms with van der Waals surface area (Å²) in [6.07, 6.45) is 0.260. The lowest BCUT2D eigenvalue weighted by Gasteiger charge is -2.41. The SMILES string of the molecule is CC(C)(C)OC(=O)N1C(C(=O)O)COC12CCOCC2. The van der Waals surface area contributed by atoms with Crippen LogP contribution in [0, 0.1) is 0 Å². The van der Waals surface area contributed by atoms with Crippen LogP contribution in [0.4, 0.5) is 4.79 Å². The molecule has 0 aromatic rings. The lowest BCUT2D eigenvalue weighted by atomic mass is 10.0. The Morgan fingerprint density at radius 3 is 2.40 bits per heavy atom. The van der Waals surface area contributed by atoms with Gasteiger partial charge >= 0.3 is 12.1 Å². The van der Waals surface area contributed by atoms with E-state index >= 15 is 0 Å². The lowest BCUT2D eigenvalue weighted by Crippen LogP contribution is -2.57. The fraction of sp³-hybridized carbons (Fsp3) is 0.846. The first-order valence-electron chi connectivity index (χ1n) is 6.72. The molecule has 0 aliphatic carbocycles. The number of carboxylic acid groups (broad SMARTS) is 1. The second kappa shape index (κ2) is 5.21. The molecule has 1 N–H and O–H groups in total. The lowest BCUT2D eigenvalue weighted by molar-refractivity contribution is -0.152. The topological polar surface area (TPSA) is 85.3 Å². The van der Waals surface area contributed by atoms with Crippen molar-refractivity contribution in [2.45, 2.75) is 51.0 Å². The second-order valence-corrected chi connectivity index (χ2v) is 6.07. The molecule has 7 heteroatoms. The van der Waals surface area contributed by atoms with Crippen molar-refractivity contribution in [2.75, 3.05) is 19.8 Å². The van der Waals surface area contributed by atoms with Crippen LogP contribution in [0.1, 0.15) is 33.6 Å². The van der Waals surface area contributed by atoms with E-state index in [0.717, 1.165) is 0 Å². The molecule has 114 valence electrons. The van der Waals surface area contributed by atoms with Gasteiger partial charge < -0.3 is 19.3 Å². The highest BCUT2D eigenvalue weighted by Gasteiger charge is 2.54. The van der Waals surface area contributed by atoms with Gasteiger partial charge in [0, 0.05) is 12.8 Å². The third kappa shape index (κ3) is 2.88. The Morgan fingerprint density at radius 2 is 1.90 bits per heavy atom. The van der Waals surface area contributed by atoms with E-state index in [4.69, 9.17) is 14.2 Å². The van der Waals surface area contributed by atoms with E-state index in [1.165, 1.54) is 4.90 Å². The molecule has 0 aromatic heterocycles. The Hall–Kier alpha value is -1.34. The maximum atomic E-state index is 12.4. The smallest absolute Gasteiger partial charge is 0.413 e. The highest BCUT2D eigenvalue weighted by Crippen LogP contribution is 2.37. The van der Waals surface area contributed by atoms with Gasteiger partial charge in [-0.05, 0) is 20.8 Å². The molecular formula is C13H21NO6. The van der Waals surface area contributed by atoms with Crippen LogP contribution >= 0.6 is 0 Å². The molecule has 2 aliphatic heterocycles. The Balaban J connectivity index is 2.25. The van der Waals surface area contributed by atoms with Crippen LogP contribution in [-0.2, 0) is 19.0 Å². The normalized spacial score (nSPS) is 25.8. The van der Waals surface area contributed by atoms with E-state index in [0.29, 0.717) is 26.1 Å². The van der Waals surface area contributed by atoms with Crippen molar-refractivity contribution in [1.82, 2.24) is 4.90 Å². The van der Waals surface area contributed by atoms with Crippen molar-refractivity contribution in [3.63, 3.8) is 0 Å². The summed E-state index contributed by atoms with van der Waals surface area (Å²) < 4.78 is 16.3. The molecule has 1 atom stereocenters. The highest BCUT2D eigenvalue weighted by atomic mass is 16.6. The van der Waals surface area contributed by atoms with E-state index in [9.17, 15) is 14.7 Å². The third-order valence-corrected chi connectivity index (χ3v) is 3.41. The minimum atomic E-state index is -1.08. The van der Waals surface area contributed by atoms with Gasteiger partial charge in [0.15, 0.2) is 11.8 Å². The predicted octanol–water partition coefficient (Wildman–Crippen LogP) is 1.21. The molecule has 0 aromatic carbocycles. The molecule has 2 rings (SSSR count). The molecule has 2 saturated heterocycles. The summed E-state index contributed by atoms with van der Waals surface area (Å²) in [4.78, 5) is 25.0. The van der Waals surface area contributed by atoms with Crippen LogP contribution in [0.3, 0.4) is 0 Å². The van der Waals surface area contributed by atoms with Crippen molar-refractivity contribution >= 4 is 12.1 Å². The fourth-order valence-electron chi connectivity index (χ4n) is 2.52. The van der Waals surface area contributed by atoms with Crippen molar-refractivity contribution in [2.24, 2.45) is 0 Å². The number of aliphatic carboxylic acids is 1. The molecule has 7 nitrogen and oxygen atoms in total. The van der Waals surface area contributed by atoms with E-state index in [1.807, 2.05) is 0 Å². The molecule has 2 aliphatic rings. The number of nitrogens with zero attached hydrogens (tertiary/aromatic N) is 1. The Bertz CT molecular complexity index is 396. The molecule has 2 heterocycles. The average Bonchev–Trinajstić information content (AvgIpc) is 2.67. The monoisotopic (exact) mass is 287 g/mol. The van der Waals surface area contributed by atoms with Crippen molar-refractivity contribution in [1.29, 1.82) is 0 Å². The van der Waals surface area contributed by atoms with Crippen LogP contribution in [0.2, 0.25) is 0 Å². The van der Waals surface area contributed by atoms with Gasteiger partial charge in [0.2, 0.25) is 0 Å². The van der Waals surface area contributed by atoms with Crippen molar-refractivity contribution in [3.05, 3.63) is 0 Å². The number of amides is 1. The van der Waals surface area contributed by atoms with Crippen LogP contribution in [-0.4, -0.2) is 59.3 Å². The average molecular weight is 287 g/mol. The second-order valence-electron chi connectivity index (χ2n) is 6.07. The number of carboxylic acids is 1. The zero-order chi connectivity index (χ0) is 15.0. The molecular weight excluding hydrogens is 266 g/mol. The predicted molar refractivity (Wildman–Crippen MR) is 68.2 cm³/mol. The summed E-state index contributed by atoms with van der Waals surface area (Å²) in [6, 6.07) is -1.01. The maximum Gasteiger partial charge on any atom is 0.413 e. The molecule has 2 fully saturated rings. The van der Waals surface area contributed by atoms with Gasteiger partial charge in [0.1, 0.15) is 5.60 Å². The molecule has 0 radical (unpaired) electrons. The summed E-state index contributed by atoms with van der Waals surface area (Å²) in [6.45, 7) is 6.09. The summed E-state index contributed by atoms with van der Waals surface area (Å²) in [5, 5.41) is 9.28. The number of ether oxygens (including phenoxy) is 3.